The predicted octanol–water partition coefficient (Wildman–Crippen LogP) is 2.74. The number of hydrogen-bond donors (Lipinski definition) is 0. The molecule has 1 aliphatic rings. The summed E-state index contributed by atoms with van der Waals surface area (Å²) in [6, 6.07) is 10.8. The van der Waals surface area contributed by atoms with Crippen LogP contribution >= 0.6 is 11.3 Å². The summed E-state index contributed by atoms with van der Waals surface area (Å²) < 4.78 is 32.6. The van der Waals surface area contributed by atoms with E-state index in [1.807, 2.05) is 19.1 Å². The second-order valence-electron chi connectivity index (χ2n) is 5.11. The Hall–Kier alpha value is -2.04. The third-order valence-corrected chi connectivity index (χ3v) is 5.93. The van der Waals surface area contributed by atoms with Gasteiger partial charge in [0.15, 0.2) is 0 Å². The monoisotopic (exact) mass is 334 g/mol. The first-order valence-corrected chi connectivity index (χ1v) is 9.22. The van der Waals surface area contributed by atoms with E-state index in [4.69, 9.17) is 10.00 Å². The van der Waals surface area contributed by atoms with Crippen LogP contribution in [-0.4, -0.2) is 21.1 Å². The maximum Gasteiger partial charge on any atom is 0.239 e. The number of ether oxygens (including phenoxy) is 1. The third-order valence-electron chi connectivity index (χ3n) is 3.33. The topological polar surface area (TPSA) is 70.4 Å². The van der Waals surface area contributed by atoms with Crippen molar-refractivity contribution in [3.05, 3.63) is 46.2 Å². The zero-order chi connectivity index (χ0) is 15.7. The molecule has 0 spiro atoms. The van der Waals surface area contributed by atoms with Crippen molar-refractivity contribution in [2.24, 2.45) is 0 Å². The fourth-order valence-electron chi connectivity index (χ4n) is 2.41. The van der Waals surface area contributed by atoms with Crippen molar-refractivity contribution >= 4 is 27.0 Å². The quantitative estimate of drug-likeness (QED) is 0.865. The van der Waals surface area contributed by atoms with Gasteiger partial charge >= 0.3 is 0 Å². The average Bonchev–Trinajstić information content (AvgIpc) is 2.93. The van der Waals surface area contributed by atoms with E-state index in [1.165, 1.54) is 15.6 Å². The number of rotatable bonds is 3. The van der Waals surface area contributed by atoms with Gasteiger partial charge in [0.05, 0.1) is 18.0 Å². The number of nitrogens with zero attached hydrogens (tertiary/aromatic N) is 2. The van der Waals surface area contributed by atoms with Gasteiger partial charge in [-0.3, -0.25) is 4.31 Å². The van der Waals surface area contributed by atoms with E-state index in [0.29, 0.717) is 21.9 Å². The van der Waals surface area contributed by atoms with Crippen LogP contribution in [-0.2, 0) is 15.8 Å². The van der Waals surface area contributed by atoms with Crippen molar-refractivity contribution < 1.29 is 13.2 Å². The van der Waals surface area contributed by atoms with E-state index >= 15 is 0 Å². The van der Waals surface area contributed by atoms with E-state index in [9.17, 15) is 8.42 Å². The predicted molar refractivity (Wildman–Crippen MR) is 85.5 cm³/mol. The molecule has 5 nitrogen and oxygen atoms in total. The summed E-state index contributed by atoms with van der Waals surface area (Å²) in [5, 5.41) is 10.6. The molecule has 0 radical (unpaired) electrons. The zero-order valence-electron chi connectivity index (χ0n) is 11.9. The van der Waals surface area contributed by atoms with Gasteiger partial charge in [-0.25, -0.2) is 8.42 Å². The van der Waals surface area contributed by atoms with Crippen molar-refractivity contribution in [1.29, 1.82) is 5.26 Å². The van der Waals surface area contributed by atoms with Gasteiger partial charge < -0.3 is 4.74 Å². The SMILES string of the molecule is CC1CN(S(=O)(=O)Cc2csc(C#N)c2)c2ccccc2O1. The minimum atomic E-state index is -3.53. The number of anilines is 1. The Labute approximate surface area is 133 Å². The van der Waals surface area contributed by atoms with Crippen LogP contribution in [0.4, 0.5) is 5.69 Å². The van der Waals surface area contributed by atoms with Crippen molar-refractivity contribution in [1.82, 2.24) is 0 Å². The van der Waals surface area contributed by atoms with Gasteiger partial charge in [-0.05, 0) is 36.1 Å². The minimum Gasteiger partial charge on any atom is -0.487 e. The summed E-state index contributed by atoms with van der Waals surface area (Å²) in [5.74, 6) is 0.458. The normalized spacial score (nSPS) is 17.5. The zero-order valence-corrected chi connectivity index (χ0v) is 13.5. The molecule has 0 aliphatic carbocycles. The Balaban J connectivity index is 1.94. The number of nitriles is 1. The molecule has 1 aromatic carbocycles. The highest BCUT2D eigenvalue weighted by molar-refractivity contribution is 7.92. The van der Waals surface area contributed by atoms with Gasteiger partial charge in [0.25, 0.3) is 0 Å². The lowest BCUT2D eigenvalue weighted by molar-refractivity contribution is 0.219. The number of fused-ring (bicyclic) bond motifs is 1. The van der Waals surface area contributed by atoms with Crippen LogP contribution in [0.25, 0.3) is 0 Å². The molecule has 22 heavy (non-hydrogen) atoms. The van der Waals surface area contributed by atoms with Crippen molar-refractivity contribution in [2.75, 3.05) is 10.8 Å². The van der Waals surface area contributed by atoms with E-state index in [1.54, 1.807) is 29.6 Å². The number of benzene rings is 1. The van der Waals surface area contributed by atoms with Crippen LogP contribution in [0.5, 0.6) is 5.75 Å². The van der Waals surface area contributed by atoms with Gasteiger partial charge in [-0.1, -0.05) is 12.1 Å². The first-order valence-electron chi connectivity index (χ1n) is 6.73. The van der Waals surface area contributed by atoms with Gasteiger partial charge in [0.1, 0.15) is 22.8 Å². The van der Waals surface area contributed by atoms with Crippen molar-refractivity contribution in [3.63, 3.8) is 0 Å². The Kier molecular flexibility index (Phi) is 3.81. The summed E-state index contributed by atoms with van der Waals surface area (Å²) in [6.07, 6.45) is -0.207. The highest BCUT2D eigenvalue weighted by Crippen LogP contribution is 2.35. The van der Waals surface area contributed by atoms with Crippen LogP contribution in [0, 0.1) is 11.3 Å². The van der Waals surface area contributed by atoms with E-state index < -0.39 is 10.0 Å². The van der Waals surface area contributed by atoms with Gasteiger partial charge in [-0.15, -0.1) is 11.3 Å². The number of para-hydroxylation sites is 2. The lowest BCUT2D eigenvalue weighted by Crippen LogP contribution is -2.42. The fourth-order valence-corrected chi connectivity index (χ4v) is 4.85. The summed E-state index contributed by atoms with van der Waals surface area (Å²) in [4.78, 5) is 0.515. The molecule has 1 atom stereocenters. The molecule has 1 aromatic heterocycles. The Morgan fingerprint density at radius 1 is 1.45 bits per heavy atom. The number of hydrogen-bond acceptors (Lipinski definition) is 5. The smallest absolute Gasteiger partial charge is 0.239 e. The standard InChI is InChI=1S/C15H14N2O3S2/c1-11-8-17(14-4-2-3-5-15(14)20-11)22(18,19)10-12-6-13(7-16)21-9-12/h2-6,9,11H,8,10H2,1H3. The second-order valence-corrected chi connectivity index (χ2v) is 7.92. The Morgan fingerprint density at radius 2 is 2.23 bits per heavy atom. The summed E-state index contributed by atoms with van der Waals surface area (Å²) in [7, 11) is -3.53. The summed E-state index contributed by atoms with van der Waals surface area (Å²) in [5.41, 5.74) is 1.20. The molecule has 0 N–H and O–H groups in total. The van der Waals surface area contributed by atoms with Crippen LogP contribution in [0.15, 0.2) is 35.7 Å². The Bertz CT molecular complexity index is 836. The van der Waals surface area contributed by atoms with Crippen LogP contribution in [0.3, 0.4) is 0 Å². The molecular formula is C15H14N2O3S2. The molecule has 7 heteroatoms. The average molecular weight is 334 g/mol. The number of thiophene rings is 1. The largest absolute Gasteiger partial charge is 0.487 e. The molecule has 114 valence electrons. The maximum absolute atomic E-state index is 12.8. The minimum absolute atomic E-state index is 0.119. The molecule has 1 unspecified atom stereocenters. The summed E-state index contributed by atoms with van der Waals surface area (Å²) >= 11 is 1.25. The summed E-state index contributed by atoms with van der Waals surface area (Å²) in [6.45, 7) is 2.13. The molecule has 0 amide bonds. The molecule has 2 heterocycles. The van der Waals surface area contributed by atoms with Gasteiger partial charge in [0, 0.05) is 0 Å². The molecule has 2 aromatic rings. The van der Waals surface area contributed by atoms with E-state index in [-0.39, 0.29) is 18.4 Å². The third kappa shape index (κ3) is 2.80. The highest BCUT2D eigenvalue weighted by atomic mass is 32.2. The van der Waals surface area contributed by atoms with E-state index in [0.717, 1.165) is 0 Å². The molecule has 0 bridgehead atoms. The molecule has 1 aliphatic heterocycles. The first-order chi connectivity index (χ1) is 10.5. The lowest BCUT2D eigenvalue weighted by Gasteiger charge is -2.34. The highest BCUT2D eigenvalue weighted by Gasteiger charge is 2.31. The van der Waals surface area contributed by atoms with Gasteiger partial charge in [0.2, 0.25) is 10.0 Å². The van der Waals surface area contributed by atoms with Crippen molar-refractivity contribution in [2.45, 2.75) is 18.8 Å². The second kappa shape index (κ2) is 5.63. The molecular weight excluding hydrogens is 320 g/mol. The van der Waals surface area contributed by atoms with Crippen LogP contribution < -0.4 is 9.04 Å². The molecule has 0 saturated heterocycles. The van der Waals surface area contributed by atoms with Crippen LogP contribution in [0.2, 0.25) is 0 Å². The maximum atomic E-state index is 12.8. The molecule has 3 rings (SSSR count). The van der Waals surface area contributed by atoms with Crippen molar-refractivity contribution in [3.8, 4) is 11.8 Å². The van der Waals surface area contributed by atoms with Crippen LogP contribution in [0.1, 0.15) is 17.4 Å². The molecule has 0 saturated carbocycles. The number of sulfonamides is 1. The lowest BCUT2D eigenvalue weighted by atomic mass is 10.2. The fraction of sp³-hybridized carbons (Fsp3) is 0.267. The van der Waals surface area contributed by atoms with Gasteiger partial charge in [-0.2, -0.15) is 5.26 Å². The molecule has 0 fully saturated rings. The first kappa shape index (κ1) is 14.9. The van der Waals surface area contributed by atoms with E-state index in [2.05, 4.69) is 0 Å². The Morgan fingerprint density at radius 3 is 2.95 bits per heavy atom.